The molecule has 1 aromatic heterocycles. The minimum Gasteiger partial charge on any atom is -0.452 e. The second-order valence-corrected chi connectivity index (χ2v) is 5.60. The van der Waals surface area contributed by atoms with E-state index < -0.39 is 5.97 Å². The Balaban J connectivity index is 1.92. The molecule has 0 spiro atoms. The highest BCUT2D eigenvalue weighted by molar-refractivity contribution is 6.32. The van der Waals surface area contributed by atoms with Gasteiger partial charge in [-0.2, -0.15) is 0 Å². The molecule has 6 heteroatoms. The van der Waals surface area contributed by atoms with Gasteiger partial charge >= 0.3 is 5.97 Å². The molecule has 0 bridgehead atoms. The number of esters is 1. The minimum atomic E-state index is -0.671. The van der Waals surface area contributed by atoms with E-state index in [0.29, 0.717) is 0 Å². The Morgan fingerprint density at radius 3 is 2.62 bits per heavy atom. The fourth-order valence-electron chi connectivity index (χ4n) is 2.28. The van der Waals surface area contributed by atoms with Crippen LogP contribution in [-0.2, 0) is 9.53 Å². The number of pyridine rings is 1. The van der Waals surface area contributed by atoms with Gasteiger partial charge in [0.1, 0.15) is 5.15 Å². The van der Waals surface area contributed by atoms with E-state index in [0.717, 1.165) is 18.4 Å². The van der Waals surface area contributed by atoms with Gasteiger partial charge in [0.25, 0.3) is 5.91 Å². The lowest BCUT2D eigenvalue weighted by atomic mass is 10.0. The number of benzene rings is 1. The Bertz CT molecular complexity index is 692. The summed E-state index contributed by atoms with van der Waals surface area (Å²) in [5.41, 5.74) is 1.16. The van der Waals surface area contributed by atoms with Gasteiger partial charge < -0.3 is 10.1 Å². The van der Waals surface area contributed by atoms with Gasteiger partial charge in [-0.05, 0) is 24.1 Å². The number of aromatic nitrogens is 1. The number of carbonyl (C=O) groups excluding carboxylic acids is 2. The molecule has 24 heavy (non-hydrogen) atoms. The SMILES string of the molecule is CCCC(NC(=O)COC(=O)c1cccnc1Cl)c1ccccc1. The highest BCUT2D eigenvalue weighted by Gasteiger charge is 2.17. The summed E-state index contributed by atoms with van der Waals surface area (Å²) in [5, 5.41) is 2.94. The summed E-state index contributed by atoms with van der Waals surface area (Å²) in [5.74, 6) is -1.03. The smallest absolute Gasteiger partial charge is 0.341 e. The Kier molecular flexibility index (Phi) is 6.75. The van der Waals surface area contributed by atoms with Crippen molar-refractivity contribution in [1.29, 1.82) is 0 Å². The van der Waals surface area contributed by atoms with E-state index in [2.05, 4.69) is 10.3 Å². The van der Waals surface area contributed by atoms with E-state index in [1.54, 1.807) is 6.07 Å². The monoisotopic (exact) mass is 346 g/mol. The molecule has 1 unspecified atom stereocenters. The van der Waals surface area contributed by atoms with E-state index >= 15 is 0 Å². The lowest BCUT2D eigenvalue weighted by Crippen LogP contribution is -2.32. The molecule has 0 saturated carbocycles. The third-order valence-corrected chi connectivity index (χ3v) is 3.73. The summed E-state index contributed by atoms with van der Waals surface area (Å²) in [4.78, 5) is 27.8. The van der Waals surface area contributed by atoms with Crippen molar-refractivity contribution in [2.75, 3.05) is 6.61 Å². The highest BCUT2D eigenvalue weighted by Crippen LogP contribution is 2.18. The predicted octanol–water partition coefficient (Wildman–Crippen LogP) is 3.55. The minimum absolute atomic E-state index is 0.0519. The zero-order valence-corrected chi connectivity index (χ0v) is 14.1. The topological polar surface area (TPSA) is 68.3 Å². The van der Waals surface area contributed by atoms with Crippen molar-refractivity contribution in [2.24, 2.45) is 0 Å². The summed E-state index contributed by atoms with van der Waals surface area (Å²) >= 11 is 5.83. The molecule has 0 aliphatic carbocycles. The first-order chi connectivity index (χ1) is 11.6. The Hall–Kier alpha value is -2.40. The van der Waals surface area contributed by atoms with Gasteiger partial charge in [0.15, 0.2) is 6.61 Å². The summed E-state index contributed by atoms with van der Waals surface area (Å²) in [6.07, 6.45) is 3.20. The lowest BCUT2D eigenvalue weighted by molar-refractivity contribution is -0.125. The Morgan fingerprint density at radius 2 is 1.96 bits per heavy atom. The molecule has 1 N–H and O–H groups in total. The summed E-state index contributed by atoms with van der Waals surface area (Å²) in [6, 6.07) is 12.7. The molecular formula is C18H19ClN2O3. The predicted molar refractivity (Wildman–Crippen MR) is 91.8 cm³/mol. The van der Waals surface area contributed by atoms with Crippen LogP contribution in [0.15, 0.2) is 48.7 Å². The number of rotatable bonds is 7. The van der Waals surface area contributed by atoms with Crippen LogP contribution in [0.3, 0.4) is 0 Å². The second kappa shape index (κ2) is 9.03. The molecule has 5 nitrogen and oxygen atoms in total. The zero-order valence-electron chi connectivity index (χ0n) is 13.4. The van der Waals surface area contributed by atoms with Gasteiger partial charge in [-0.25, -0.2) is 9.78 Å². The van der Waals surface area contributed by atoms with Crippen molar-refractivity contribution < 1.29 is 14.3 Å². The third-order valence-electron chi connectivity index (χ3n) is 3.43. The lowest BCUT2D eigenvalue weighted by Gasteiger charge is -2.18. The quantitative estimate of drug-likeness (QED) is 0.615. The van der Waals surface area contributed by atoms with Crippen LogP contribution in [0.25, 0.3) is 0 Å². The maximum absolute atomic E-state index is 12.1. The molecule has 0 fully saturated rings. The van der Waals surface area contributed by atoms with Crippen LogP contribution in [0, 0.1) is 0 Å². The van der Waals surface area contributed by atoms with E-state index in [1.165, 1.54) is 12.3 Å². The van der Waals surface area contributed by atoms with Crippen LogP contribution in [0.1, 0.15) is 41.7 Å². The van der Waals surface area contributed by atoms with E-state index in [1.807, 2.05) is 37.3 Å². The number of carbonyl (C=O) groups is 2. The molecule has 0 aliphatic rings. The zero-order chi connectivity index (χ0) is 17.4. The van der Waals surface area contributed by atoms with Gasteiger partial charge in [-0.15, -0.1) is 0 Å². The molecule has 1 amide bonds. The van der Waals surface area contributed by atoms with Gasteiger partial charge in [0.2, 0.25) is 0 Å². The molecule has 1 aromatic carbocycles. The van der Waals surface area contributed by atoms with Crippen LogP contribution in [0.4, 0.5) is 0 Å². The van der Waals surface area contributed by atoms with Gasteiger partial charge in [0, 0.05) is 6.20 Å². The summed E-state index contributed by atoms with van der Waals surface area (Å²) < 4.78 is 5.01. The fourth-order valence-corrected chi connectivity index (χ4v) is 2.48. The molecule has 2 rings (SSSR count). The molecule has 2 aromatic rings. The third kappa shape index (κ3) is 5.06. The number of halogens is 1. The first kappa shape index (κ1) is 17.9. The first-order valence-electron chi connectivity index (χ1n) is 7.73. The van der Waals surface area contributed by atoms with E-state index in [4.69, 9.17) is 16.3 Å². The van der Waals surface area contributed by atoms with Crippen molar-refractivity contribution in [1.82, 2.24) is 10.3 Å². The fraction of sp³-hybridized carbons (Fsp3) is 0.278. The normalized spacial score (nSPS) is 11.6. The van der Waals surface area contributed by atoms with Crippen molar-refractivity contribution in [3.05, 3.63) is 64.9 Å². The van der Waals surface area contributed by atoms with Gasteiger partial charge in [0.05, 0.1) is 11.6 Å². The summed E-state index contributed by atoms with van der Waals surface area (Å²) in [6.45, 7) is 1.68. The van der Waals surface area contributed by atoms with E-state index in [9.17, 15) is 9.59 Å². The van der Waals surface area contributed by atoms with Crippen LogP contribution in [-0.4, -0.2) is 23.5 Å². The van der Waals surface area contributed by atoms with Crippen molar-refractivity contribution in [3.8, 4) is 0 Å². The molecule has 1 heterocycles. The number of nitrogens with one attached hydrogen (secondary N) is 1. The van der Waals surface area contributed by atoms with Crippen LogP contribution in [0.5, 0.6) is 0 Å². The van der Waals surface area contributed by atoms with E-state index in [-0.39, 0.29) is 29.3 Å². The number of hydrogen-bond acceptors (Lipinski definition) is 4. The molecule has 0 radical (unpaired) electrons. The first-order valence-corrected chi connectivity index (χ1v) is 8.11. The van der Waals surface area contributed by atoms with Crippen LogP contribution in [0.2, 0.25) is 5.15 Å². The van der Waals surface area contributed by atoms with Crippen molar-refractivity contribution in [2.45, 2.75) is 25.8 Å². The number of nitrogens with zero attached hydrogens (tertiary/aromatic N) is 1. The Labute approximate surface area is 146 Å². The summed E-state index contributed by atoms with van der Waals surface area (Å²) in [7, 11) is 0. The highest BCUT2D eigenvalue weighted by atomic mass is 35.5. The number of hydrogen-bond donors (Lipinski definition) is 1. The number of amides is 1. The van der Waals surface area contributed by atoms with Gasteiger partial charge in [-0.1, -0.05) is 55.3 Å². The average molecular weight is 347 g/mol. The second-order valence-electron chi connectivity index (χ2n) is 5.24. The van der Waals surface area contributed by atoms with Crippen LogP contribution >= 0.6 is 11.6 Å². The molecule has 1 atom stereocenters. The van der Waals surface area contributed by atoms with Crippen molar-refractivity contribution in [3.63, 3.8) is 0 Å². The van der Waals surface area contributed by atoms with Crippen molar-refractivity contribution >= 4 is 23.5 Å². The maximum Gasteiger partial charge on any atom is 0.341 e. The number of ether oxygens (including phenoxy) is 1. The molecular weight excluding hydrogens is 328 g/mol. The van der Waals surface area contributed by atoms with Crippen LogP contribution < -0.4 is 5.32 Å². The average Bonchev–Trinajstić information content (AvgIpc) is 2.60. The standard InChI is InChI=1S/C18H19ClN2O3/c1-2-7-15(13-8-4-3-5-9-13)21-16(22)12-24-18(23)14-10-6-11-20-17(14)19/h3-6,8-11,15H,2,7,12H2,1H3,(H,21,22). The van der Waals surface area contributed by atoms with Gasteiger partial charge in [-0.3, -0.25) is 4.79 Å². The molecule has 0 aliphatic heterocycles. The molecule has 126 valence electrons. The maximum atomic E-state index is 12.1. The largest absolute Gasteiger partial charge is 0.452 e. The molecule has 0 saturated heterocycles. The Morgan fingerprint density at radius 1 is 1.21 bits per heavy atom.